The summed E-state index contributed by atoms with van der Waals surface area (Å²) in [5.74, 6) is -0.0867. The molecule has 1 N–H and O–H groups in total. The summed E-state index contributed by atoms with van der Waals surface area (Å²) in [5.41, 5.74) is 0. The molecule has 4 nitrogen and oxygen atoms in total. The molecule has 0 bridgehead atoms. The summed E-state index contributed by atoms with van der Waals surface area (Å²) in [6.07, 6.45) is 0. The SMILES string of the molecule is COCCN(CCO)C(=O)c1cc(S)cs1. The normalized spacial score (nSPS) is 10.4. The minimum atomic E-state index is -0.0867. The van der Waals surface area contributed by atoms with Crippen LogP contribution in [-0.4, -0.2) is 49.3 Å². The van der Waals surface area contributed by atoms with Crippen molar-refractivity contribution in [3.8, 4) is 0 Å². The van der Waals surface area contributed by atoms with Gasteiger partial charge in [-0.05, 0) is 6.07 Å². The summed E-state index contributed by atoms with van der Waals surface area (Å²) < 4.78 is 4.92. The molecule has 0 fully saturated rings. The average Bonchev–Trinajstić information content (AvgIpc) is 2.70. The van der Waals surface area contributed by atoms with Crippen LogP contribution in [0.15, 0.2) is 16.3 Å². The van der Waals surface area contributed by atoms with Crippen LogP contribution >= 0.6 is 24.0 Å². The van der Waals surface area contributed by atoms with Crippen molar-refractivity contribution >= 4 is 29.9 Å². The van der Waals surface area contributed by atoms with Gasteiger partial charge in [-0.1, -0.05) is 0 Å². The van der Waals surface area contributed by atoms with Crippen LogP contribution < -0.4 is 0 Å². The van der Waals surface area contributed by atoms with E-state index in [9.17, 15) is 4.79 Å². The number of nitrogens with zero attached hydrogens (tertiary/aromatic N) is 1. The van der Waals surface area contributed by atoms with E-state index in [1.54, 1.807) is 18.1 Å². The third-order valence-electron chi connectivity index (χ3n) is 2.02. The van der Waals surface area contributed by atoms with Gasteiger partial charge in [-0.25, -0.2) is 0 Å². The molecule has 0 aliphatic carbocycles. The second kappa shape index (κ2) is 6.90. The molecule has 0 unspecified atom stereocenters. The van der Waals surface area contributed by atoms with Crippen LogP contribution in [0.25, 0.3) is 0 Å². The van der Waals surface area contributed by atoms with Gasteiger partial charge in [0, 0.05) is 30.5 Å². The van der Waals surface area contributed by atoms with Gasteiger partial charge in [-0.2, -0.15) is 0 Å². The molecule has 6 heteroatoms. The highest BCUT2D eigenvalue weighted by Crippen LogP contribution is 2.19. The van der Waals surface area contributed by atoms with Crippen LogP contribution in [0.5, 0.6) is 0 Å². The first-order valence-corrected chi connectivity index (χ1v) is 6.18. The van der Waals surface area contributed by atoms with E-state index in [4.69, 9.17) is 9.84 Å². The molecule has 0 saturated heterocycles. The van der Waals surface area contributed by atoms with Gasteiger partial charge >= 0.3 is 0 Å². The average molecular weight is 261 g/mol. The lowest BCUT2D eigenvalue weighted by Crippen LogP contribution is -2.35. The molecule has 0 spiro atoms. The Balaban J connectivity index is 2.66. The Morgan fingerprint density at radius 3 is 2.88 bits per heavy atom. The Kier molecular flexibility index (Phi) is 5.83. The summed E-state index contributed by atoms with van der Waals surface area (Å²) in [5, 5.41) is 10.7. The maximum atomic E-state index is 12.0. The second-order valence-corrected chi connectivity index (χ2v) is 4.61. The van der Waals surface area contributed by atoms with Crippen molar-refractivity contribution in [2.24, 2.45) is 0 Å². The zero-order valence-corrected chi connectivity index (χ0v) is 10.8. The van der Waals surface area contributed by atoms with Gasteiger partial charge in [-0.15, -0.1) is 24.0 Å². The molecule has 1 heterocycles. The fourth-order valence-electron chi connectivity index (χ4n) is 1.23. The number of ether oxygens (including phenoxy) is 1. The van der Waals surface area contributed by atoms with E-state index in [2.05, 4.69) is 12.6 Å². The minimum absolute atomic E-state index is 0.0471. The smallest absolute Gasteiger partial charge is 0.264 e. The Bertz CT molecular complexity index is 341. The molecule has 0 aliphatic heterocycles. The van der Waals surface area contributed by atoms with Gasteiger partial charge in [0.05, 0.1) is 18.1 Å². The second-order valence-electron chi connectivity index (χ2n) is 3.18. The number of methoxy groups -OCH3 is 1. The maximum absolute atomic E-state index is 12.0. The monoisotopic (exact) mass is 261 g/mol. The Morgan fingerprint density at radius 1 is 1.62 bits per heavy atom. The molecular weight excluding hydrogens is 246 g/mol. The van der Waals surface area contributed by atoms with Crippen molar-refractivity contribution in [1.29, 1.82) is 0 Å². The number of aliphatic hydroxyl groups is 1. The minimum Gasteiger partial charge on any atom is -0.395 e. The number of amides is 1. The predicted octanol–water partition coefficient (Wildman–Crippen LogP) is 1.12. The third-order valence-corrected chi connectivity index (χ3v) is 3.37. The van der Waals surface area contributed by atoms with E-state index in [1.165, 1.54) is 11.3 Å². The molecule has 0 radical (unpaired) electrons. The van der Waals surface area contributed by atoms with Crippen LogP contribution in [0.2, 0.25) is 0 Å². The number of rotatable bonds is 6. The Morgan fingerprint density at radius 2 is 2.38 bits per heavy atom. The van der Waals surface area contributed by atoms with Crippen LogP contribution in [0, 0.1) is 0 Å². The van der Waals surface area contributed by atoms with Crippen LogP contribution in [0.3, 0.4) is 0 Å². The van der Waals surface area contributed by atoms with E-state index in [-0.39, 0.29) is 12.5 Å². The molecule has 0 aromatic carbocycles. The van der Waals surface area contributed by atoms with Crippen molar-refractivity contribution in [3.63, 3.8) is 0 Å². The maximum Gasteiger partial charge on any atom is 0.264 e. The van der Waals surface area contributed by atoms with Gasteiger partial charge in [0.2, 0.25) is 0 Å². The van der Waals surface area contributed by atoms with Crippen LogP contribution in [-0.2, 0) is 4.74 Å². The van der Waals surface area contributed by atoms with Gasteiger partial charge < -0.3 is 14.7 Å². The van der Waals surface area contributed by atoms with Crippen molar-refractivity contribution in [3.05, 3.63) is 16.3 Å². The highest BCUT2D eigenvalue weighted by Gasteiger charge is 2.16. The third kappa shape index (κ3) is 3.79. The number of thiol groups is 1. The van der Waals surface area contributed by atoms with Crippen molar-refractivity contribution < 1.29 is 14.6 Å². The number of hydrogen-bond donors (Lipinski definition) is 2. The van der Waals surface area contributed by atoms with E-state index in [0.29, 0.717) is 24.6 Å². The van der Waals surface area contributed by atoms with Crippen molar-refractivity contribution in [2.45, 2.75) is 4.90 Å². The summed E-state index contributed by atoms with van der Waals surface area (Å²) >= 11 is 5.51. The number of thiophene rings is 1. The number of aliphatic hydroxyl groups excluding tert-OH is 1. The molecule has 1 aromatic heterocycles. The first kappa shape index (κ1) is 13.5. The predicted molar refractivity (Wildman–Crippen MR) is 66.4 cm³/mol. The number of hydrogen-bond acceptors (Lipinski definition) is 5. The standard InChI is InChI=1S/C10H15NO3S2/c1-14-5-3-11(2-4-12)10(13)9-6-8(15)7-16-9/h6-7,12,15H,2-5H2,1H3. The molecule has 16 heavy (non-hydrogen) atoms. The van der Waals surface area contributed by atoms with Crippen LogP contribution in [0.1, 0.15) is 9.67 Å². The van der Waals surface area contributed by atoms with Gasteiger partial charge in [0.25, 0.3) is 5.91 Å². The van der Waals surface area contributed by atoms with E-state index in [0.717, 1.165) is 4.90 Å². The first-order chi connectivity index (χ1) is 7.69. The number of carbonyl (C=O) groups is 1. The lowest BCUT2D eigenvalue weighted by Gasteiger charge is -2.20. The Hall–Kier alpha value is -0.560. The largest absolute Gasteiger partial charge is 0.395 e. The highest BCUT2D eigenvalue weighted by atomic mass is 32.1. The van der Waals surface area contributed by atoms with Crippen LogP contribution in [0.4, 0.5) is 0 Å². The first-order valence-electron chi connectivity index (χ1n) is 4.85. The van der Waals surface area contributed by atoms with E-state index >= 15 is 0 Å². The fourth-order valence-corrected chi connectivity index (χ4v) is 2.35. The van der Waals surface area contributed by atoms with Crippen molar-refractivity contribution in [1.82, 2.24) is 4.90 Å². The zero-order chi connectivity index (χ0) is 12.0. The van der Waals surface area contributed by atoms with Gasteiger partial charge in [-0.3, -0.25) is 4.79 Å². The lowest BCUT2D eigenvalue weighted by molar-refractivity contribution is 0.0661. The summed E-state index contributed by atoms with van der Waals surface area (Å²) in [7, 11) is 1.58. The summed E-state index contributed by atoms with van der Waals surface area (Å²) in [4.78, 5) is 15.0. The quantitative estimate of drug-likeness (QED) is 0.754. The topological polar surface area (TPSA) is 49.8 Å². The summed E-state index contributed by atoms with van der Waals surface area (Å²) in [6.45, 7) is 1.22. The van der Waals surface area contributed by atoms with Gasteiger partial charge in [0.1, 0.15) is 0 Å². The fraction of sp³-hybridized carbons (Fsp3) is 0.500. The zero-order valence-electron chi connectivity index (χ0n) is 9.05. The molecule has 90 valence electrons. The lowest BCUT2D eigenvalue weighted by atomic mass is 10.4. The molecule has 0 atom stereocenters. The molecule has 0 saturated carbocycles. The molecule has 1 aromatic rings. The molecular formula is C10H15NO3S2. The number of carbonyl (C=O) groups excluding carboxylic acids is 1. The van der Waals surface area contributed by atoms with Crippen molar-refractivity contribution in [2.75, 3.05) is 33.4 Å². The van der Waals surface area contributed by atoms with E-state index < -0.39 is 0 Å². The molecule has 1 rings (SSSR count). The van der Waals surface area contributed by atoms with Gasteiger partial charge in [0.15, 0.2) is 0 Å². The highest BCUT2D eigenvalue weighted by molar-refractivity contribution is 7.80. The molecule has 1 amide bonds. The Labute approximate surface area is 104 Å². The molecule has 0 aliphatic rings. The van der Waals surface area contributed by atoms with E-state index in [1.807, 2.05) is 5.38 Å². The summed E-state index contributed by atoms with van der Waals surface area (Å²) in [6, 6.07) is 1.73.